The molecule has 0 spiro atoms. The van der Waals surface area contributed by atoms with Crippen LogP contribution in [0.4, 0.5) is 0 Å². The summed E-state index contributed by atoms with van der Waals surface area (Å²) in [6.07, 6.45) is 57.1. The lowest BCUT2D eigenvalue weighted by atomic mass is 9.99. The van der Waals surface area contributed by atoms with Crippen molar-refractivity contribution >= 4 is 11.9 Å². The second-order valence-electron chi connectivity index (χ2n) is 22.9. The van der Waals surface area contributed by atoms with E-state index in [1.807, 2.05) is 6.08 Å². The summed E-state index contributed by atoms with van der Waals surface area (Å²) >= 11 is 0. The van der Waals surface area contributed by atoms with Crippen LogP contribution in [0.5, 0.6) is 0 Å². The Bertz CT molecular complexity index is 1450. The monoisotopic (exact) mass is 1100 g/mol. The summed E-state index contributed by atoms with van der Waals surface area (Å²) < 4.78 is 17.6. The van der Waals surface area contributed by atoms with Gasteiger partial charge in [-0.2, -0.15) is 0 Å². The Kier molecular flexibility index (Phi) is 52.1. The predicted molar refractivity (Wildman–Crippen MR) is 324 cm³/mol. The minimum absolute atomic E-state index is 0.127. The Morgan fingerprint density at radius 1 is 0.500 bits per heavy atom. The number of carbonyl (C=O) groups is 2. The second-order valence-corrected chi connectivity index (χ2v) is 22.9. The van der Waals surface area contributed by atoms with E-state index in [1.165, 1.54) is 180 Å². The molecule has 1 saturated heterocycles. The zero-order valence-corrected chi connectivity index (χ0v) is 50.5. The number of esters is 1. The molecule has 0 aromatic carbocycles. The number of rotatable bonds is 56. The van der Waals surface area contributed by atoms with Crippen LogP contribution in [0.2, 0.25) is 0 Å². The molecule has 8 atom stereocenters. The number of unbranched alkanes of at least 4 members (excludes halogenated alkanes) is 36. The quantitative estimate of drug-likeness (QED) is 0.0195. The number of amides is 1. The van der Waals surface area contributed by atoms with Crippen molar-refractivity contribution in [1.82, 2.24) is 5.32 Å². The molecule has 6 N–H and O–H groups in total. The normalized spacial score (nSPS) is 19.2. The third kappa shape index (κ3) is 42.5. The first-order valence-electron chi connectivity index (χ1n) is 32.9. The Labute approximate surface area is 478 Å². The average Bonchev–Trinajstić information content (AvgIpc) is 3.45. The van der Waals surface area contributed by atoms with Gasteiger partial charge in [0.2, 0.25) is 5.91 Å². The van der Waals surface area contributed by atoms with Crippen LogP contribution in [0, 0.1) is 0 Å². The zero-order valence-electron chi connectivity index (χ0n) is 50.5. The number of hydrogen-bond donors (Lipinski definition) is 6. The minimum atomic E-state index is -1.61. The maximum absolute atomic E-state index is 13.5. The fourth-order valence-electron chi connectivity index (χ4n) is 10.2. The van der Waals surface area contributed by atoms with Crippen molar-refractivity contribution in [2.75, 3.05) is 13.2 Å². The topological polar surface area (TPSA) is 175 Å². The van der Waals surface area contributed by atoms with E-state index >= 15 is 0 Å². The van der Waals surface area contributed by atoms with Crippen molar-refractivity contribution in [3.8, 4) is 0 Å². The molecular formula is C67H123NO10. The largest absolute Gasteiger partial charge is 0.454 e. The highest BCUT2D eigenvalue weighted by atomic mass is 16.7. The van der Waals surface area contributed by atoms with Gasteiger partial charge in [-0.1, -0.05) is 281 Å². The number of nitrogens with one attached hydrogen (secondary N) is 1. The fraction of sp³-hybridized carbons (Fsp3) is 0.851. The molecule has 0 saturated carbocycles. The lowest BCUT2D eigenvalue weighted by molar-refractivity contribution is -0.305. The SMILES string of the molecule is CCCCC/C=C\C/C=C\C/C=C\CCCCCCCCCCCC(O)C(=O)NC(COC1OC(CO)C(O)C(O)C1OC(=O)CCCCCCCCCCCCCCCC)C(O)/C=C/CCCCCCCCCCCCC. The van der Waals surface area contributed by atoms with E-state index in [9.17, 15) is 35.1 Å². The standard InChI is InChI=1S/C67H123NO10/c1-4-7-10-13-16-19-22-25-27-28-29-30-31-32-33-34-36-39-42-45-48-51-54-60(71)66(75)68-58(59(70)53-50-47-44-41-38-35-24-21-18-15-12-9-6-3)57-76-67-65(64(74)63(73)61(56-69)77-67)78-62(72)55-52-49-46-43-40-37-26-23-20-17-14-11-8-5-2/h16,19,25,27,29-30,50,53,58-61,63-65,67,69-71,73-74H,4-15,17-18,20-24,26,28,31-49,51-52,54-57H2,1-3H3,(H,68,75)/b19-16-,27-25-,30-29-,53-50+. The number of ether oxygens (including phenoxy) is 3. The van der Waals surface area contributed by atoms with Crippen molar-refractivity contribution in [2.24, 2.45) is 0 Å². The van der Waals surface area contributed by atoms with Gasteiger partial charge in [0.15, 0.2) is 12.4 Å². The van der Waals surface area contributed by atoms with Gasteiger partial charge in [-0.25, -0.2) is 0 Å². The molecule has 1 aliphatic rings. The molecule has 1 fully saturated rings. The smallest absolute Gasteiger partial charge is 0.306 e. The van der Waals surface area contributed by atoms with Gasteiger partial charge in [0.25, 0.3) is 0 Å². The van der Waals surface area contributed by atoms with Gasteiger partial charge in [-0.3, -0.25) is 9.59 Å². The van der Waals surface area contributed by atoms with E-state index in [2.05, 4.69) is 62.5 Å². The van der Waals surface area contributed by atoms with Crippen LogP contribution in [0.1, 0.15) is 303 Å². The van der Waals surface area contributed by atoms with Crippen LogP contribution in [0.3, 0.4) is 0 Å². The Morgan fingerprint density at radius 2 is 0.885 bits per heavy atom. The number of aliphatic hydroxyl groups is 5. The molecule has 11 heteroatoms. The first kappa shape index (κ1) is 73.6. The molecule has 1 amide bonds. The molecule has 456 valence electrons. The minimum Gasteiger partial charge on any atom is -0.454 e. The Balaban J connectivity index is 2.64. The van der Waals surface area contributed by atoms with Crippen LogP contribution in [0.15, 0.2) is 48.6 Å². The van der Waals surface area contributed by atoms with Gasteiger partial charge in [0, 0.05) is 6.42 Å². The molecule has 0 aromatic rings. The lowest BCUT2D eigenvalue weighted by Crippen LogP contribution is -2.61. The van der Waals surface area contributed by atoms with Gasteiger partial charge in [0.1, 0.15) is 24.4 Å². The van der Waals surface area contributed by atoms with Crippen molar-refractivity contribution < 1.29 is 49.3 Å². The van der Waals surface area contributed by atoms with E-state index in [0.717, 1.165) is 77.0 Å². The van der Waals surface area contributed by atoms with Crippen LogP contribution in [-0.2, 0) is 23.8 Å². The van der Waals surface area contributed by atoms with Gasteiger partial charge >= 0.3 is 5.97 Å². The highest BCUT2D eigenvalue weighted by Gasteiger charge is 2.47. The molecule has 8 unspecified atom stereocenters. The summed E-state index contributed by atoms with van der Waals surface area (Å²) in [6.45, 7) is 5.79. The van der Waals surface area contributed by atoms with E-state index in [-0.39, 0.29) is 19.4 Å². The number of hydrogen-bond acceptors (Lipinski definition) is 10. The van der Waals surface area contributed by atoms with Crippen molar-refractivity contribution in [3.63, 3.8) is 0 Å². The van der Waals surface area contributed by atoms with Gasteiger partial charge in [-0.05, 0) is 64.2 Å². The van der Waals surface area contributed by atoms with Crippen molar-refractivity contribution in [1.29, 1.82) is 0 Å². The molecule has 1 aliphatic heterocycles. The summed E-state index contributed by atoms with van der Waals surface area (Å²) in [5, 5.41) is 57.1. The number of carbonyl (C=O) groups excluding carboxylic acids is 2. The second kappa shape index (κ2) is 55.2. The van der Waals surface area contributed by atoms with Gasteiger partial charge < -0.3 is 45.1 Å². The third-order valence-corrected chi connectivity index (χ3v) is 15.5. The summed E-state index contributed by atoms with van der Waals surface area (Å²) in [4.78, 5) is 26.6. The Morgan fingerprint density at radius 3 is 1.35 bits per heavy atom. The zero-order chi connectivity index (χ0) is 56.8. The molecule has 0 aliphatic carbocycles. The van der Waals surface area contributed by atoms with Gasteiger partial charge in [0.05, 0.1) is 25.4 Å². The van der Waals surface area contributed by atoms with Crippen LogP contribution in [0.25, 0.3) is 0 Å². The molecule has 78 heavy (non-hydrogen) atoms. The lowest BCUT2D eigenvalue weighted by Gasteiger charge is -2.41. The number of aliphatic hydroxyl groups excluding tert-OH is 5. The van der Waals surface area contributed by atoms with Crippen LogP contribution >= 0.6 is 0 Å². The van der Waals surface area contributed by atoms with Crippen LogP contribution in [-0.4, -0.2) is 99.6 Å². The van der Waals surface area contributed by atoms with E-state index in [1.54, 1.807) is 6.08 Å². The maximum Gasteiger partial charge on any atom is 0.306 e. The molecular weight excluding hydrogens is 979 g/mol. The molecule has 0 aromatic heterocycles. The molecule has 0 radical (unpaired) electrons. The maximum atomic E-state index is 13.5. The highest BCUT2D eigenvalue weighted by molar-refractivity contribution is 5.80. The fourth-order valence-corrected chi connectivity index (χ4v) is 10.2. The predicted octanol–water partition coefficient (Wildman–Crippen LogP) is 16.0. The van der Waals surface area contributed by atoms with Crippen molar-refractivity contribution in [3.05, 3.63) is 48.6 Å². The summed E-state index contributed by atoms with van der Waals surface area (Å²) in [7, 11) is 0. The average molecular weight is 1100 g/mol. The first-order valence-corrected chi connectivity index (χ1v) is 32.9. The highest BCUT2D eigenvalue weighted by Crippen LogP contribution is 2.26. The van der Waals surface area contributed by atoms with Gasteiger partial charge in [-0.15, -0.1) is 0 Å². The summed E-state index contributed by atoms with van der Waals surface area (Å²) in [5.41, 5.74) is 0. The summed E-state index contributed by atoms with van der Waals surface area (Å²) in [6, 6.07) is -1.02. The molecule has 0 bridgehead atoms. The third-order valence-electron chi connectivity index (χ3n) is 15.5. The van der Waals surface area contributed by atoms with Crippen LogP contribution < -0.4 is 5.32 Å². The van der Waals surface area contributed by atoms with E-state index in [4.69, 9.17) is 14.2 Å². The first-order chi connectivity index (χ1) is 38.2. The molecule has 11 nitrogen and oxygen atoms in total. The molecule has 1 rings (SSSR count). The number of allylic oxidation sites excluding steroid dienone is 7. The molecule has 1 heterocycles. The van der Waals surface area contributed by atoms with Crippen molar-refractivity contribution in [2.45, 2.75) is 352 Å². The van der Waals surface area contributed by atoms with E-state index < -0.39 is 67.4 Å². The summed E-state index contributed by atoms with van der Waals surface area (Å²) in [5.74, 6) is -1.19. The Hall–Kier alpha value is -2.38. The van der Waals surface area contributed by atoms with E-state index in [0.29, 0.717) is 12.8 Å².